The monoisotopic (exact) mass is 212 g/mol. The molecule has 90 valence electrons. The van der Waals surface area contributed by atoms with Gasteiger partial charge in [-0.3, -0.25) is 0 Å². The number of hydrogen-bond donors (Lipinski definition) is 2. The third-order valence-electron chi connectivity index (χ3n) is 2.87. The summed E-state index contributed by atoms with van der Waals surface area (Å²) in [6, 6.07) is 0.337. The average Bonchev–Trinajstić information content (AvgIpc) is 2.23. The van der Waals surface area contributed by atoms with E-state index in [4.69, 9.17) is 5.73 Å². The minimum Gasteiger partial charge on any atom is -0.391 e. The zero-order chi connectivity index (χ0) is 11.7. The Balaban J connectivity index is 3.75. The van der Waals surface area contributed by atoms with E-state index in [1.165, 1.54) is 18.4 Å². The van der Waals surface area contributed by atoms with Gasteiger partial charge >= 0.3 is 0 Å². The van der Waals surface area contributed by atoms with Crippen molar-refractivity contribution in [2.75, 3.05) is 6.54 Å². The lowest BCUT2D eigenvalue weighted by Gasteiger charge is -2.18. The Morgan fingerprint density at radius 2 is 2.07 bits per heavy atom. The Morgan fingerprint density at radius 1 is 1.40 bits per heavy atom. The molecule has 2 atom stereocenters. The van der Waals surface area contributed by atoms with Gasteiger partial charge < -0.3 is 11.1 Å². The highest BCUT2D eigenvalue weighted by atomic mass is 14.8. The zero-order valence-electron chi connectivity index (χ0n) is 10.8. The van der Waals surface area contributed by atoms with Crippen molar-refractivity contribution < 1.29 is 0 Å². The minimum absolute atomic E-state index is 0.337. The molecule has 0 heterocycles. The molecule has 0 amide bonds. The summed E-state index contributed by atoms with van der Waals surface area (Å²) in [5, 5.41) is 3.35. The molecule has 0 saturated heterocycles. The molecule has 0 unspecified atom stereocenters. The van der Waals surface area contributed by atoms with E-state index in [2.05, 4.69) is 39.2 Å². The highest BCUT2D eigenvalue weighted by molar-refractivity contribution is 4.98. The van der Waals surface area contributed by atoms with Crippen molar-refractivity contribution in [2.45, 2.75) is 59.4 Å². The van der Waals surface area contributed by atoms with Crippen LogP contribution in [0.4, 0.5) is 0 Å². The predicted molar refractivity (Wildman–Crippen MR) is 68.7 cm³/mol. The van der Waals surface area contributed by atoms with Gasteiger partial charge in [0.2, 0.25) is 0 Å². The van der Waals surface area contributed by atoms with E-state index in [0.29, 0.717) is 12.0 Å². The summed E-state index contributed by atoms with van der Waals surface area (Å²) in [5.74, 6) is 0.583. The van der Waals surface area contributed by atoms with Crippen molar-refractivity contribution in [3.63, 3.8) is 0 Å². The van der Waals surface area contributed by atoms with E-state index in [1.54, 1.807) is 0 Å². The van der Waals surface area contributed by atoms with E-state index >= 15 is 0 Å². The second-order valence-electron chi connectivity index (χ2n) is 4.55. The molecule has 0 bridgehead atoms. The van der Waals surface area contributed by atoms with Gasteiger partial charge in [-0.15, -0.1) is 0 Å². The van der Waals surface area contributed by atoms with Crippen molar-refractivity contribution in [1.82, 2.24) is 5.32 Å². The summed E-state index contributed by atoms with van der Waals surface area (Å²) in [6.07, 6.45) is 6.81. The lowest BCUT2D eigenvalue weighted by molar-refractivity contribution is 0.440. The molecule has 2 nitrogen and oxygen atoms in total. The van der Waals surface area contributed by atoms with Crippen LogP contribution in [-0.2, 0) is 0 Å². The predicted octanol–water partition coefficient (Wildman–Crippen LogP) is 3.04. The van der Waals surface area contributed by atoms with Gasteiger partial charge in [0.15, 0.2) is 0 Å². The fourth-order valence-corrected chi connectivity index (χ4v) is 1.65. The number of allylic oxidation sites excluding steroid dienone is 1. The maximum Gasteiger partial charge on any atom is 0.0141 e. The fourth-order valence-electron chi connectivity index (χ4n) is 1.65. The highest BCUT2D eigenvalue weighted by Gasteiger charge is 2.10. The second kappa shape index (κ2) is 8.78. The first kappa shape index (κ1) is 14.5. The van der Waals surface area contributed by atoms with Gasteiger partial charge in [0.25, 0.3) is 0 Å². The molecule has 0 aliphatic heterocycles. The van der Waals surface area contributed by atoms with Gasteiger partial charge in [-0.2, -0.15) is 0 Å². The van der Waals surface area contributed by atoms with Crippen molar-refractivity contribution in [2.24, 2.45) is 11.7 Å². The fraction of sp³-hybridized carbons (Fsp3) is 0.846. The quantitative estimate of drug-likeness (QED) is 0.607. The molecule has 0 aliphatic rings. The molecule has 0 radical (unpaired) electrons. The molecule has 0 fully saturated rings. The number of hydrogen-bond acceptors (Lipinski definition) is 2. The largest absolute Gasteiger partial charge is 0.391 e. The molecular formula is C13H28N2. The van der Waals surface area contributed by atoms with Crippen LogP contribution in [0, 0.1) is 5.92 Å². The lowest BCUT2D eigenvalue weighted by Crippen LogP contribution is -2.27. The summed E-state index contributed by atoms with van der Waals surface area (Å²) >= 11 is 0. The first-order valence-corrected chi connectivity index (χ1v) is 6.26. The van der Waals surface area contributed by atoms with Gasteiger partial charge in [-0.25, -0.2) is 0 Å². The smallest absolute Gasteiger partial charge is 0.0141 e. The Labute approximate surface area is 95.3 Å². The van der Waals surface area contributed by atoms with Crippen LogP contribution in [0.1, 0.15) is 53.4 Å². The van der Waals surface area contributed by atoms with Gasteiger partial charge in [0.05, 0.1) is 0 Å². The topological polar surface area (TPSA) is 38.0 Å². The second-order valence-corrected chi connectivity index (χ2v) is 4.55. The average molecular weight is 212 g/mol. The molecule has 0 aromatic carbocycles. The van der Waals surface area contributed by atoms with E-state index in [9.17, 15) is 0 Å². The molecule has 15 heavy (non-hydrogen) atoms. The molecule has 0 aromatic rings. The van der Waals surface area contributed by atoms with Gasteiger partial charge in [-0.05, 0) is 38.3 Å². The van der Waals surface area contributed by atoms with E-state index in [1.807, 2.05) is 0 Å². The van der Waals surface area contributed by atoms with Crippen molar-refractivity contribution in [1.29, 1.82) is 0 Å². The highest BCUT2D eigenvalue weighted by Crippen LogP contribution is 2.14. The van der Waals surface area contributed by atoms with Crippen LogP contribution in [0.15, 0.2) is 11.8 Å². The van der Waals surface area contributed by atoms with E-state index < -0.39 is 0 Å². The van der Waals surface area contributed by atoms with Crippen molar-refractivity contribution >= 4 is 0 Å². The Hall–Kier alpha value is -0.500. The summed E-state index contributed by atoms with van der Waals surface area (Å²) in [6.45, 7) is 9.86. The zero-order valence-corrected chi connectivity index (χ0v) is 10.8. The van der Waals surface area contributed by atoms with Crippen molar-refractivity contribution in [3.05, 3.63) is 11.8 Å². The maximum atomic E-state index is 5.99. The third kappa shape index (κ3) is 7.43. The number of nitrogens with one attached hydrogen (secondary N) is 1. The number of nitrogens with two attached hydrogens (primary N) is 1. The van der Waals surface area contributed by atoms with Gasteiger partial charge in [0.1, 0.15) is 0 Å². The number of rotatable bonds is 8. The van der Waals surface area contributed by atoms with Crippen LogP contribution >= 0.6 is 0 Å². The minimum atomic E-state index is 0.337. The lowest BCUT2D eigenvalue weighted by atomic mass is 9.94. The Kier molecular flexibility index (Phi) is 8.49. The summed E-state index contributed by atoms with van der Waals surface area (Å²) in [5.41, 5.74) is 7.40. The van der Waals surface area contributed by atoms with Gasteiger partial charge in [-0.1, -0.05) is 32.8 Å². The molecular weight excluding hydrogens is 184 g/mol. The standard InChI is InChI=1S/C13H28N2/c1-5-7-8-15-10-11(3)9-12(4)13(14)6-2/h10,12-13,15H,5-9,14H2,1-4H3/b11-10+/t12-,13+/m0/s1. The molecule has 0 saturated carbocycles. The molecule has 0 aromatic heterocycles. The molecule has 3 N–H and O–H groups in total. The van der Waals surface area contributed by atoms with Crippen LogP contribution in [0.5, 0.6) is 0 Å². The third-order valence-corrected chi connectivity index (χ3v) is 2.87. The molecule has 0 spiro atoms. The molecule has 0 rings (SSSR count). The van der Waals surface area contributed by atoms with Crippen LogP contribution in [0.3, 0.4) is 0 Å². The van der Waals surface area contributed by atoms with Crippen LogP contribution in [0.25, 0.3) is 0 Å². The Morgan fingerprint density at radius 3 is 2.60 bits per heavy atom. The SMILES string of the molecule is CCCCN/C=C(\C)C[C@H](C)[C@H](N)CC. The Bertz CT molecular complexity index is 175. The summed E-state index contributed by atoms with van der Waals surface area (Å²) in [7, 11) is 0. The van der Waals surface area contributed by atoms with Crippen LogP contribution in [0.2, 0.25) is 0 Å². The summed E-state index contributed by atoms with van der Waals surface area (Å²) in [4.78, 5) is 0. The maximum absolute atomic E-state index is 5.99. The molecule has 0 aliphatic carbocycles. The van der Waals surface area contributed by atoms with Crippen molar-refractivity contribution in [3.8, 4) is 0 Å². The number of unbranched alkanes of at least 4 members (excludes halogenated alkanes) is 1. The molecule has 2 heteroatoms. The van der Waals surface area contributed by atoms with Crippen LogP contribution < -0.4 is 11.1 Å². The first-order valence-electron chi connectivity index (χ1n) is 6.26. The summed E-state index contributed by atoms with van der Waals surface area (Å²) < 4.78 is 0. The normalized spacial score (nSPS) is 16.2. The first-order chi connectivity index (χ1) is 7.11. The van der Waals surface area contributed by atoms with Gasteiger partial charge in [0, 0.05) is 12.6 Å². The van der Waals surface area contributed by atoms with E-state index in [0.717, 1.165) is 19.4 Å². The van der Waals surface area contributed by atoms with E-state index in [-0.39, 0.29) is 0 Å². The van der Waals surface area contributed by atoms with Crippen LogP contribution in [-0.4, -0.2) is 12.6 Å².